The molecule has 1 fully saturated rings. The Morgan fingerprint density at radius 2 is 2.11 bits per heavy atom. The van der Waals surface area contributed by atoms with Gasteiger partial charge < -0.3 is 15.2 Å². The summed E-state index contributed by atoms with van der Waals surface area (Å²) in [5.41, 5.74) is 3.62. The molecule has 0 radical (unpaired) electrons. The molecule has 100 valence electrons. The van der Waals surface area contributed by atoms with Crippen LogP contribution in [-0.2, 0) is 0 Å². The molecule has 0 saturated carbocycles. The lowest BCUT2D eigenvalue weighted by molar-refractivity contribution is 0.266. The topological polar surface area (TPSA) is 70.3 Å². The van der Waals surface area contributed by atoms with Crippen LogP contribution in [0.4, 0.5) is 11.6 Å². The van der Waals surface area contributed by atoms with Crippen LogP contribution in [-0.4, -0.2) is 48.1 Å². The summed E-state index contributed by atoms with van der Waals surface area (Å²) in [6, 6.07) is 0.564. The zero-order chi connectivity index (χ0) is 13.3. The van der Waals surface area contributed by atoms with E-state index in [1.54, 1.807) is 6.33 Å². The van der Waals surface area contributed by atoms with Crippen molar-refractivity contribution in [1.29, 1.82) is 0 Å². The highest BCUT2D eigenvalue weighted by atomic mass is 15.3. The van der Waals surface area contributed by atoms with Gasteiger partial charge in [-0.15, -0.1) is 0 Å². The second-order valence-electron chi connectivity index (χ2n) is 5.23. The Hall–Kier alpha value is -1.40. The molecular formula is C12H22N6. The third-order valence-electron chi connectivity index (χ3n) is 3.73. The second-order valence-corrected chi connectivity index (χ2v) is 5.23. The molecule has 1 saturated heterocycles. The first-order chi connectivity index (χ1) is 8.54. The van der Waals surface area contributed by atoms with Crippen LogP contribution in [0, 0.1) is 12.8 Å². The fraction of sp³-hybridized carbons (Fsp3) is 0.667. The smallest absolute Gasteiger partial charge is 0.148 e. The van der Waals surface area contributed by atoms with E-state index in [2.05, 4.69) is 46.2 Å². The Kier molecular flexibility index (Phi) is 3.68. The summed E-state index contributed by atoms with van der Waals surface area (Å²) in [6.07, 6.45) is 1.56. The number of anilines is 2. The van der Waals surface area contributed by atoms with E-state index < -0.39 is 0 Å². The highest BCUT2D eigenvalue weighted by molar-refractivity contribution is 5.58. The Morgan fingerprint density at radius 3 is 2.67 bits per heavy atom. The van der Waals surface area contributed by atoms with Gasteiger partial charge in [-0.3, -0.25) is 0 Å². The van der Waals surface area contributed by atoms with Gasteiger partial charge in [0.2, 0.25) is 0 Å². The van der Waals surface area contributed by atoms with Crippen LogP contribution < -0.4 is 16.2 Å². The van der Waals surface area contributed by atoms with E-state index in [9.17, 15) is 0 Å². The lowest BCUT2D eigenvalue weighted by Gasteiger charge is -2.23. The molecule has 3 N–H and O–H groups in total. The number of hydrogen-bond donors (Lipinski definition) is 2. The summed E-state index contributed by atoms with van der Waals surface area (Å²) in [7, 11) is 4.26. The van der Waals surface area contributed by atoms with Crippen LogP contribution in [0.1, 0.15) is 12.5 Å². The predicted molar refractivity (Wildman–Crippen MR) is 73.4 cm³/mol. The number of nitrogens with two attached hydrogens (primary N) is 1. The molecule has 1 aromatic rings. The molecule has 0 aromatic carbocycles. The third kappa shape index (κ3) is 2.26. The van der Waals surface area contributed by atoms with Gasteiger partial charge in [-0.2, -0.15) is 0 Å². The maximum Gasteiger partial charge on any atom is 0.148 e. The fourth-order valence-corrected chi connectivity index (χ4v) is 2.70. The van der Waals surface area contributed by atoms with Crippen molar-refractivity contribution in [2.24, 2.45) is 11.8 Å². The highest BCUT2D eigenvalue weighted by Crippen LogP contribution is 2.28. The highest BCUT2D eigenvalue weighted by Gasteiger charge is 2.32. The molecule has 1 aliphatic rings. The zero-order valence-electron chi connectivity index (χ0n) is 11.5. The molecule has 1 aliphatic heterocycles. The molecule has 18 heavy (non-hydrogen) atoms. The Balaban J connectivity index is 2.24. The summed E-state index contributed by atoms with van der Waals surface area (Å²) >= 11 is 0. The average molecular weight is 250 g/mol. The van der Waals surface area contributed by atoms with Crippen molar-refractivity contribution in [2.45, 2.75) is 19.9 Å². The van der Waals surface area contributed by atoms with Crippen LogP contribution >= 0.6 is 0 Å². The number of aromatic nitrogens is 2. The van der Waals surface area contributed by atoms with Gasteiger partial charge in [0.05, 0.1) is 0 Å². The van der Waals surface area contributed by atoms with Crippen molar-refractivity contribution in [3.63, 3.8) is 0 Å². The molecule has 2 heterocycles. The van der Waals surface area contributed by atoms with Crippen molar-refractivity contribution in [3.05, 3.63) is 11.9 Å². The lowest BCUT2D eigenvalue weighted by atomic mass is 10.1. The van der Waals surface area contributed by atoms with Gasteiger partial charge in [0.1, 0.15) is 18.0 Å². The maximum absolute atomic E-state index is 5.45. The minimum atomic E-state index is 0.564. The van der Waals surface area contributed by atoms with Crippen molar-refractivity contribution in [3.8, 4) is 0 Å². The summed E-state index contributed by atoms with van der Waals surface area (Å²) in [5.74, 6) is 7.76. The van der Waals surface area contributed by atoms with Crippen molar-refractivity contribution < 1.29 is 0 Å². The van der Waals surface area contributed by atoms with Gasteiger partial charge >= 0.3 is 0 Å². The fourth-order valence-electron chi connectivity index (χ4n) is 2.70. The first-order valence-electron chi connectivity index (χ1n) is 6.24. The maximum atomic E-state index is 5.45. The van der Waals surface area contributed by atoms with Gasteiger partial charge in [0.15, 0.2) is 0 Å². The van der Waals surface area contributed by atoms with Gasteiger partial charge in [-0.05, 0) is 26.9 Å². The molecule has 0 amide bonds. The summed E-state index contributed by atoms with van der Waals surface area (Å²) in [6.45, 7) is 6.29. The van der Waals surface area contributed by atoms with E-state index in [4.69, 9.17) is 5.84 Å². The predicted octanol–water partition coefficient (Wildman–Crippen LogP) is 0.457. The minimum absolute atomic E-state index is 0.564. The molecular weight excluding hydrogens is 228 g/mol. The van der Waals surface area contributed by atoms with Crippen LogP contribution in [0.3, 0.4) is 0 Å². The normalized spacial score (nSPS) is 23.8. The monoisotopic (exact) mass is 250 g/mol. The summed E-state index contributed by atoms with van der Waals surface area (Å²) < 4.78 is 0. The molecule has 6 heteroatoms. The first kappa shape index (κ1) is 13.0. The number of nitrogens with one attached hydrogen (secondary N) is 1. The molecule has 0 aliphatic carbocycles. The number of nitrogen functional groups attached to an aromatic ring is 1. The standard InChI is InChI=1S/C12H22N6/c1-8-5-18(6-10(8)17(3)4)12-9(2)11(16-13)14-7-15-12/h7-8,10H,5-6,13H2,1-4H3,(H,14,15,16). The van der Waals surface area contributed by atoms with E-state index >= 15 is 0 Å². The van der Waals surface area contributed by atoms with E-state index in [0.29, 0.717) is 17.8 Å². The SMILES string of the molecule is Cc1c(NN)ncnc1N1CC(C)C(N(C)C)C1. The van der Waals surface area contributed by atoms with Crippen LogP contribution in [0.25, 0.3) is 0 Å². The number of rotatable bonds is 3. The van der Waals surface area contributed by atoms with E-state index in [-0.39, 0.29) is 0 Å². The second kappa shape index (κ2) is 5.07. The van der Waals surface area contributed by atoms with Gasteiger partial charge in [-0.25, -0.2) is 15.8 Å². The van der Waals surface area contributed by atoms with Gasteiger partial charge in [-0.1, -0.05) is 6.92 Å². The Morgan fingerprint density at radius 1 is 1.39 bits per heavy atom. The number of hydrogen-bond acceptors (Lipinski definition) is 6. The van der Waals surface area contributed by atoms with Crippen molar-refractivity contribution >= 4 is 11.6 Å². The van der Waals surface area contributed by atoms with E-state index in [0.717, 1.165) is 24.5 Å². The summed E-state index contributed by atoms with van der Waals surface area (Å²) in [5, 5.41) is 0. The van der Waals surface area contributed by atoms with E-state index in [1.807, 2.05) is 6.92 Å². The molecule has 2 unspecified atom stereocenters. The first-order valence-corrected chi connectivity index (χ1v) is 6.24. The average Bonchev–Trinajstić information content (AvgIpc) is 2.71. The van der Waals surface area contributed by atoms with Gasteiger partial charge in [0.25, 0.3) is 0 Å². The molecule has 0 bridgehead atoms. The largest absolute Gasteiger partial charge is 0.354 e. The molecule has 2 rings (SSSR count). The quantitative estimate of drug-likeness (QED) is 0.600. The Bertz CT molecular complexity index is 419. The molecule has 6 nitrogen and oxygen atoms in total. The third-order valence-corrected chi connectivity index (χ3v) is 3.73. The van der Waals surface area contributed by atoms with Gasteiger partial charge in [0, 0.05) is 24.7 Å². The molecule has 0 spiro atoms. The van der Waals surface area contributed by atoms with Crippen molar-refractivity contribution in [2.75, 3.05) is 37.5 Å². The molecule has 2 atom stereocenters. The number of nitrogens with zero attached hydrogens (tertiary/aromatic N) is 4. The number of likely N-dealkylation sites (N-methyl/N-ethyl adjacent to an activating group) is 1. The van der Waals surface area contributed by atoms with E-state index in [1.165, 1.54) is 0 Å². The van der Waals surface area contributed by atoms with Crippen LogP contribution in [0.2, 0.25) is 0 Å². The number of hydrazine groups is 1. The Labute approximate surface area is 108 Å². The van der Waals surface area contributed by atoms with Crippen molar-refractivity contribution in [1.82, 2.24) is 14.9 Å². The van der Waals surface area contributed by atoms with Crippen LogP contribution in [0.15, 0.2) is 6.33 Å². The summed E-state index contributed by atoms with van der Waals surface area (Å²) in [4.78, 5) is 13.1. The molecule has 1 aromatic heterocycles. The lowest BCUT2D eigenvalue weighted by Crippen LogP contribution is -2.34. The zero-order valence-corrected chi connectivity index (χ0v) is 11.5. The minimum Gasteiger partial charge on any atom is -0.354 e. The van der Waals surface area contributed by atoms with Crippen LogP contribution in [0.5, 0.6) is 0 Å².